The van der Waals surface area contributed by atoms with E-state index in [-0.39, 0.29) is 12.7 Å². The summed E-state index contributed by atoms with van der Waals surface area (Å²) < 4.78 is 10.9. The Bertz CT molecular complexity index is 780. The summed E-state index contributed by atoms with van der Waals surface area (Å²) >= 11 is 6.37. The number of ether oxygens (including phenoxy) is 2. The van der Waals surface area contributed by atoms with Crippen LogP contribution in [0.25, 0.3) is 10.8 Å². The average molecular weight is 332 g/mol. The molecule has 1 heterocycles. The number of nitrogens with two attached hydrogens (primary N) is 1. The molecule has 2 N–H and O–H groups in total. The zero-order valence-corrected chi connectivity index (χ0v) is 13.6. The topological polar surface area (TPSA) is 61.5 Å². The second-order valence-corrected chi connectivity index (χ2v) is 5.82. The highest BCUT2D eigenvalue weighted by Crippen LogP contribution is 2.36. The van der Waals surface area contributed by atoms with Crippen molar-refractivity contribution < 1.29 is 14.3 Å². The van der Waals surface area contributed by atoms with Crippen LogP contribution in [-0.4, -0.2) is 19.2 Å². The molecule has 1 aliphatic heterocycles. The van der Waals surface area contributed by atoms with E-state index in [2.05, 4.69) is 0 Å². The molecule has 120 valence electrons. The number of halogens is 1. The van der Waals surface area contributed by atoms with E-state index in [0.29, 0.717) is 29.3 Å². The first-order valence-electron chi connectivity index (χ1n) is 7.55. The summed E-state index contributed by atoms with van der Waals surface area (Å²) in [7, 11) is 0. The third kappa shape index (κ3) is 3.05. The highest BCUT2D eigenvalue weighted by molar-refractivity contribution is 6.35. The third-order valence-electron chi connectivity index (χ3n) is 3.98. The standard InChI is InChI=1S/C18H18ClNO3/c1-2-22-18(21)13-10-23-16(9-15(13)20)12-7-3-5-11-6-4-8-14(19)17(11)12/h3-8,16H,2,9-10,20H2,1H3. The monoisotopic (exact) mass is 331 g/mol. The molecule has 0 amide bonds. The van der Waals surface area contributed by atoms with Crippen LogP contribution < -0.4 is 5.73 Å². The summed E-state index contributed by atoms with van der Waals surface area (Å²) in [6.45, 7) is 2.23. The smallest absolute Gasteiger partial charge is 0.338 e. The van der Waals surface area contributed by atoms with Crippen molar-refractivity contribution in [1.29, 1.82) is 0 Å². The molecule has 5 heteroatoms. The Kier molecular flexibility index (Phi) is 4.55. The van der Waals surface area contributed by atoms with Crippen molar-refractivity contribution in [2.75, 3.05) is 13.2 Å². The molecule has 0 fully saturated rings. The number of benzene rings is 2. The van der Waals surface area contributed by atoms with Crippen molar-refractivity contribution >= 4 is 28.3 Å². The Balaban J connectivity index is 1.95. The van der Waals surface area contributed by atoms with Gasteiger partial charge >= 0.3 is 5.97 Å². The number of carbonyl (C=O) groups is 1. The van der Waals surface area contributed by atoms with Gasteiger partial charge in [-0.15, -0.1) is 0 Å². The van der Waals surface area contributed by atoms with Gasteiger partial charge in [-0.2, -0.15) is 0 Å². The fourth-order valence-corrected chi connectivity index (χ4v) is 3.15. The number of hydrogen-bond donors (Lipinski definition) is 1. The molecular weight excluding hydrogens is 314 g/mol. The van der Waals surface area contributed by atoms with E-state index < -0.39 is 5.97 Å². The minimum Gasteiger partial charge on any atom is -0.463 e. The molecule has 1 atom stereocenters. The number of esters is 1. The zero-order valence-electron chi connectivity index (χ0n) is 12.8. The van der Waals surface area contributed by atoms with E-state index in [0.717, 1.165) is 16.3 Å². The molecule has 23 heavy (non-hydrogen) atoms. The van der Waals surface area contributed by atoms with Gasteiger partial charge in [0.05, 0.1) is 24.9 Å². The van der Waals surface area contributed by atoms with Gasteiger partial charge in [-0.05, 0) is 23.9 Å². The van der Waals surface area contributed by atoms with Crippen molar-refractivity contribution in [2.45, 2.75) is 19.4 Å². The van der Waals surface area contributed by atoms with E-state index >= 15 is 0 Å². The van der Waals surface area contributed by atoms with Gasteiger partial charge < -0.3 is 15.2 Å². The number of carbonyl (C=O) groups excluding carboxylic acids is 1. The summed E-state index contributed by atoms with van der Waals surface area (Å²) in [5.74, 6) is -0.403. The maximum absolute atomic E-state index is 11.9. The maximum Gasteiger partial charge on any atom is 0.338 e. The number of hydrogen-bond acceptors (Lipinski definition) is 4. The molecule has 0 spiro atoms. The highest BCUT2D eigenvalue weighted by atomic mass is 35.5. The van der Waals surface area contributed by atoms with Crippen LogP contribution in [0, 0.1) is 0 Å². The maximum atomic E-state index is 11.9. The largest absolute Gasteiger partial charge is 0.463 e. The van der Waals surface area contributed by atoms with Gasteiger partial charge in [-0.25, -0.2) is 4.79 Å². The van der Waals surface area contributed by atoms with Crippen LogP contribution in [0.1, 0.15) is 25.0 Å². The molecule has 2 aromatic carbocycles. The fourth-order valence-electron chi connectivity index (χ4n) is 2.86. The Labute approximate surface area is 139 Å². The van der Waals surface area contributed by atoms with Crippen LogP contribution in [0.3, 0.4) is 0 Å². The van der Waals surface area contributed by atoms with Crippen molar-refractivity contribution in [3.05, 3.63) is 58.3 Å². The molecule has 0 radical (unpaired) electrons. The molecule has 0 bridgehead atoms. The molecular formula is C18H18ClNO3. The lowest BCUT2D eigenvalue weighted by molar-refractivity contribution is -0.140. The van der Waals surface area contributed by atoms with Gasteiger partial charge in [-0.1, -0.05) is 41.9 Å². The lowest BCUT2D eigenvalue weighted by Gasteiger charge is -2.26. The van der Waals surface area contributed by atoms with Crippen molar-refractivity contribution in [3.8, 4) is 0 Å². The average Bonchev–Trinajstić information content (AvgIpc) is 2.54. The highest BCUT2D eigenvalue weighted by Gasteiger charge is 2.27. The van der Waals surface area contributed by atoms with Crippen LogP contribution in [-0.2, 0) is 14.3 Å². The van der Waals surface area contributed by atoms with E-state index in [1.807, 2.05) is 36.4 Å². The number of rotatable bonds is 3. The predicted molar refractivity (Wildman–Crippen MR) is 90.1 cm³/mol. The molecule has 1 aliphatic rings. The van der Waals surface area contributed by atoms with E-state index in [1.165, 1.54) is 0 Å². The Morgan fingerprint density at radius 3 is 2.78 bits per heavy atom. The third-order valence-corrected chi connectivity index (χ3v) is 4.29. The van der Waals surface area contributed by atoms with Crippen molar-refractivity contribution in [3.63, 3.8) is 0 Å². The minimum atomic E-state index is -0.403. The van der Waals surface area contributed by atoms with Gasteiger partial charge in [0.25, 0.3) is 0 Å². The Morgan fingerprint density at radius 1 is 1.35 bits per heavy atom. The molecule has 0 saturated carbocycles. The van der Waals surface area contributed by atoms with Crippen LogP contribution in [0.5, 0.6) is 0 Å². The Morgan fingerprint density at radius 2 is 2.09 bits per heavy atom. The second kappa shape index (κ2) is 6.60. The summed E-state index contributed by atoms with van der Waals surface area (Å²) in [4.78, 5) is 11.9. The molecule has 1 unspecified atom stereocenters. The van der Waals surface area contributed by atoms with Gasteiger partial charge in [-0.3, -0.25) is 0 Å². The fraction of sp³-hybridized carbons (Fsp3) is 0.278. The van der Waals surface area contributed by atoms with E-state index in [4.69, 9.17) is 26.8 Å². The van der Waals surface area contributed by atoms with Crippen molar-refractivity contribution in [2.24, 2.45) is 5.73 Å². The van der Waals surface area contributed by atoms with Crippen LogP contribution in [0.4, 0.5) is 0 Å². The summed E-state index contributed by atoms with van der Waals surface area (Å²) in [5, 5.41) is 2.70. The van der Waals surface area contributed by atoms with Gasteiger partial charge in [0, 0.05) is 22.5 Å². The van der Waals surface area contributed by atoms with Crippen LogP contribution in [0.2, 0.25) is 5.02 Å². The predicted octanol–water partition coefficient (Wildman–Crippen LogP) is 3.73. The van der Waals surface area contributed by atoms with E-state index in [9.17, 15) is 4.79 Å². The molecule has 0 saturated heterocycles. The number of fused-ring (bicyclic) bond motifs is 1. The Hall–Kier alpha value is -2.04. The van der Waals surface area contributed by atoms with E-state index in [1.54, 1.807) is 6.92 Å². The molecule has 0 aromatic heterocycles. The second-order valence-electron chi connectivity index (χ2n) is 5.41. The summed E-state index contributed by atoms with van der Waals surface area (Å²) in [6, 6.07) is 11.8. The first-order chi connectivity index (χ1) is 11.1. The first kappa shape index (κ1) is 15.8. The first-order valence-corrected chi connectivity index (χ1v) is 7.93. The molecule has 4 nitrogen and oxygen atoms in total. The normalized spacial score (nSPS) is 18.3. The quantitative estimate of drug-likeness (QED) is 0.870. The SMILES string of the molecule is CCOC(=O)C1=C(N)CC(c2cccc3cccc(Cl)c23)OC1. The lowest BCUT2D eigenvalue weighted by atomic mass is 9.95. The molecule has 3 rings (SSSR count). The summed E-state index contributed by atoms with van der Waals surface area (Å²) in [6.07, 6.45) is 0.218. The molecule has 2 aromatic rings. The minimum absolute atomic E-state index is 0.149. The summed E-state index contributed by atoms with van der Waals surface area (Å²) in [5.41, 5.74) is 8.00. The van der Waals surface area contributed by atoms with Gasteiger partial charge in [0.15, 0.2) is 0 Å². The van der Waals surface area contributed by atoms with Crippen LogP contribution >= 0.6 is 11.6 Å². The van der Waals surface area contributed by atoms with Crippen LogP contribution in [0.15, 0.2) is 47.7 Å². The lowest BCUT2D eigenvalue weighted by Crippen LogP contribution is -2.25. The zero-order chi connectivity index (χ0) is 16.4. The van der Waals surface area contributed by atoms with Gasteiger partial charge in [0.2, 0.25) is 0 Å². The molecule has 0 aliphatic carbocycles. The van der Waals surface area contributed by atoms with Crippen molar-refractivity contribution in [1.82, 2.24) is 0 Å². The van der Waals surface area contributed by atoms with Gasteiger partial charge in [0.1, 0.15) is 0 Å².